The van der Waals surface area contributed by atoms with Crippen molar-refractivity contribution in [1.29, 1.82) is 5.26 Å². The summed E-state index contributed by atoms with van der Waals surface area (Å²) in [7, 11) is 0. The second-order valence-electron chi connectivity index (χ2n) is 5.73. The number of halogens is 2. The molecule has 1 aliphatic heterocycles. The molecule has 0 aliphatic carbocycles. The van der Waals surface area contributed by atoms with Crippen LogP contribution < -0.4 is 5.32 Å². The average molecular weight is 396 g/mol. The molecule has 0 unspecified atom stereocenters. The fourth-order valence-corrected chi connectivity index (χ4v) is 3.18. The number of anilines is 1. The van der Waals surface area contributed by atoms with E-state index in [0.717, 1.165) is 0 Å². The summed E-state index contributed by atoms with van der Waals surface area (Å²) in [4.78, 5) is 25.9. The van der Waals surface area contributed by atoms with Gasteiger partial charge < -0.3 is 15.0 Å². The maximum atomic E-state index is 12.5. The van der Waals surface area contributed by atoms with E-state index in [0.29, 0.717) is 48.3 Å². The van der Waals surface area contributed by atoms with E-state index >= 15 is 0 Å². The molecule has 2 rings (SSSR count). The normalized spacial score (nSPS) is 15.3. The van der Waals surface area contributed by atoms with Crippen molar-refractivity contribution < 1.29 is 14.3 Å². The minimum atomic E-state index is -0.398. The smallest absolute Gasteiger partial charge is 0.309 e. The van der Waals surface area contributed by atoms with Gasteiger partial charge in [-0.05, 0) is 31.9 Å². The lowest BCUT2D eigenvalue weighted by Crippen LogP contribution is -2.41. The maximum Gasteiger partial charge on any atom is 0.309 e. The first-order valence-corrected chi connectivity index (χ1v) is 9.00. The number of hydrogen-bond donors (Lipinski definition) is 1. The third-order valence-corrected chi connectivity index (χ3v) is 4.71. The highest BCUT2D eigenvalue weighted by Gasteiger charge is 2.29. The van der Waals surface area contributed by atoms with Gasteiger partial charge in [-0.25, -0.2) is 0 Å². The summed E-state index contributed by atoms with van der Waals surface area (Å²) in [5.74, 6) is -0.829. The van der Waals surface area contributed by atoms with Crippen LogP contribution in [0.25, 0.3) is 0 Å². The number of hydrogen-bond acceptors (Lipinski definition) is 5. The van der Waals surface area contributed by atoms with E-state index < -0.39 is 5.91 Å². The van der Waals surface area contributed by atoms with Gasteiger partial charge in [0, 0.05) is 19.3 Å². The lowest BCUT2D eigenvalue weighted by molar-refractivity contribution is -0.150. The van der Waals surface area contributed by atoms with Gasteiger partial charge >= 0.3 is 5.97 Å². The van der Waals surface area contributed by atoms with Gasteiger partial charge in [-0.2, -0.15) is 5.26 Å². The Labute approximate surface area is 162 Å². The Balaban J connectivity index is 2.01. The number of carbonyl (C=O) groups excluding carboxylic acids is 2. The number of carbonyl (C=O) groups is 2. The largest absolute Gasteiger partial charge is 0.466 e. The van der Waals surface area contributed by atoms with Crippen molar-refractivity contribution in [3.05, 3.63) is 40.0 Å². The van der Waals surface area contributed by atoms with Crippen LogP contribution in [-0.4, -0.2) is 36.5 Å². The van der Waals surface area contributed by atoms with Crippen molar-refractivity contribution >= 4 is 40.8 Å². The Hall–Kier alpha value is -2.23. The Morgan fingerprint density at radius 3 is 2.50 bits per heavy atom. The second kappa shape index (κ2) is 9.46. The van der Waals surface area contributed by atoms with E-state index in [1.165, 1.54) is 6.20 Å². The lowest BCUT2D eigenvalue weighted by Gasteiger charge is -2.30. The van der Waals surface area contributed by atoms with Crippen LogP contribution in [0.5, 0.6) is 0 Å². The van der Waals surface area contributed by atoms with Gasteiger partial charge in [0.15, 0.2) is 0 Å². The highest BCUT2D eigenvalue weighted by Crippen LogP contribution is 2.30. The molecule has 0 radical (unpaired) electrons. The van der Waals surface area contributed by atoms with E-state index in [1.54, 1.807) is 30.0 Å². The molecule has 1 aromatic carbocycles. The van der Waals surface area contributed by atoms with E-state index in [1.807, 2.05) is 6.07 Å². The zero-order valence-corrected chi connectivity index (χ0v) is 15.8. The molecule has 0 spiro atoms. The number of amides is 1. The summed E-state index contributed by atoms with van der Waals surface area (Å²) >= 11 is 12.1. The monoisotopic (exact) mass is 395 g/mol. The van der Waals surface area contributed by atoms with Gasteiger partial charge in [0.25, 0.3) is 5.91 Å². The first-order valence-electron chi connectivity index (χ1n) is 8.24. The van der Waals surface area contributed by atoms with Crippen molar-refractivity contribution in [2.24, 2.45) is 5.92 Å². The number of nitriles is 1. The van der Waals surface area contributed by atoms with Gasteiger partial charge in [0.05, 0.1) is 28.3 Å². The third-order valence-electron chi connectivity index (χ3n) is 4.08. The molecule has 1 heterocycles. The van der Waals surface area contributed by atoms with Crippen LogP contribution in [-0.2, 0) is 14.3 Å². The standard InChI is InChI=1S/C18H19Cl2N3O3/c1-2-26-18(25)12-6-8-23(9-7-12)17(24)13(10-21)11-22-16-14(19)4-3-5-15(16)20/h3-5,11-12,22H,2,6-9H2,1H3/b13-11-. The summed E-state index contributed by atoms with van der Waals surface area (Å²) in [6, 6.07) is 6.89. The number of piperidine rings is 1. The van der Waals surface area contributed by atoms with Crippen molar-refractivity contribution in [2.45, 2.75) is 19.8 Å². The second-order valence-corrected chi connectivity index (χ2v) is 6.54. The average Bonchev–Trinajstić information content (AvgIpc) is 2.64. The summed E-state index contributed by atoms with van der Waals surface area (Å²) in [6.45, 7) is 2.90. The van der Waals surface area contributed by atoms with Gasteiger partial charge in [-0.3, -0.25) is 9.59 Å². The molecule has 138 valence electrons. The SMILES string of the molecule is CCOC(=O)C1CCN(C(=O)/C(C#N)=C\Nc2c(Cl)cccc2Cl)CC1. The molecule has 0 saturated carbocycles. The molecule has 1 amide bonds. The van der Waals surface area contributed by atoms with Crippen LogP contribution in [0, 0.1) is 17.2 Å². The Morgan fingerprint density at radius 2 is 1.96 bits per heavy atom. The van der Waals surface area contributed by atoms with Gasteiger partial charge in [-0.1, -0.05) is 29.3 Å². The van der Waals surface area contributed by atoms with E-state index in [4.69, 9.17) is 27.9 Å². The zero-order valence-electron chi connectivity index (χ0n) is 14.3. The number of para-hydroxylation sites is 1. The third kappa shape index (κ3) is 4.90. The van der Waals surface area contributed by atoms with E-state index in [2.05, 4.69) is 5.32 Å². The van der Waals surface area contributed by atoms with Crippen LogP contribution in [0.1, 0.15) is 19.8 Å². The van der Waals surface area contributed by atoms with Gasteiger partial charge in [0.2, 0.25) is 0 Å². The minimum Gasteiger partial charge on any atom is -0.466 e. The number of benzene rings is 1. The molecule has 1 aliphatic rings. The van der Waals surface area contributed by atoms with Crippen molar-refractivity contribution in [2.75, 3.05) is 25.0 Å². The van der Waals surface area contributed by atoms with Crippen LogP contribution in [0.15, 0.2) is 30.0 Å². The number of rotatable bonds is 5. The molecule has 1 N–H and O–H groups in total. The van der Waals surface area contributed by atoms with Crippen molar-refractivity contribution in [3.8, 4) is 6.07 Å². The topological polar surface area (TPSA) is 82.4 Å². The molecule has 26 heavy (non-hydrogen) atoms. The molecule has 6 nitrogen and oxygen atoms in total. The molecular weight excluding hydrogens is 377 g/mol. The Bertz CT molecular complexity index is 730. The van der Waals surface area contributed by atoms with Gasteiger partial charge in [0.1, 0.15) is 11.6 Å². The van der Waals surface area contributed by atoms with Crippen molar-refractivity contribution in [1.82, 2.24) is 4.90 Å². The van der Waals surface area contributed by atoms with Crippen LogP contribution in [0.3, 0.4) is 0 Å². The number of likely N-dealkylation sites (tertiary alicyclic amines) is 1. The summed E-state index contributed by atoms with van der Waals surface area (Å²) in [6.07, 6.45) is 2.34. The molecule has 8 heteroatoms. The van der Waals surface area contributed by atoms with Gasteiger partial charge in [-0.15, -0.1) is 0 Å². The number of nitrogens with one attached hydrogen (secondary N) is 1. The predicted octanol–water partition coefficient (Wildman–Crippen LogP) is 3.61. The Morgan fingerprint density at radius 1 is 1.35 bits per heavy atom. The molecular formula is C18H19Cl2N3O3. The van der Waals surface area contributed by atoms with Crippen LogP contribution in [0.2, 0.25) is 10.0 Å². The van der Waals surface area contributed by atoms with Crippen LogP contribution >= 0.6 is 23.2 Å². The molecule has 1 saturated heterocycles. The first kappa shape index (κ1) is 20.1. The summed E-state index contributed by atoms with van der Waals surface area (Å²) in [5, 5.41) is 12.9. The summed E-state index contributed by atoms with van der Waals surface area (Å²) < 4.78 is 5.01. The fourth-order valence-electron chi connectivity index (χ4n) is 2.67. The minimum absolute atomic E-state index is 0.0597. The lowest BCUT2D eigenvalue weighted by atomic mass is 9.96. The molecule has 1 fully saturated rings. The quantitative estimate of drug-likeness (QED) is 0.467. The fraction of sp³-hybridized carbons (Fsp3) is 0.389. The number of nitrogens with zero attached hydrogens (tertiary/aromatic N) is 2. The van der Waals surface area contributed by atoms with Crippen molar-refractivity contribution in [3.63, 3.8) is 0 Å². The van der Waals surface area contributed by atoms with Crippen LogP contribution in [0.4, 0.5) is 5.69 Å². The Kier molecular flexibility index (Phi) is 7.31. The number of ether oxygens (including phenoxy) is 1. The van der Waals surface area contributed by atoms with E-state index in [-0.39, 0.29) is 17.5 Å². The highest BCUT2D eigenvalue weighted by atomic mass is 35.5. The highest BCUT2D eigenvalue weighted by molar-refractivity contribution is 6.39. The zero-order chi connectivity index (χ0) is 19.1. The first-order chi connectivity index (χ1) is 12.5. The summed E-state index contributed by atoms with van der Waals surface area (Å²) in [5.41, 5.74) is 0.368. The van der Waals surface area contributed by atoms with E-state index in [9.17, 15) is 14.9 Å². The molecule has 1 aromatic rings. The molecule has 0 atom stereocenters. The predicted molar refractivity (Wildman–Crippen MR) is 99.7 cm³/mol. The maximum absolute atomic E-state index is 12.5. The molecule has 0 aromatic heterocycles. The number of esters is 1. The molecule has 0 bridgehead atoms.